The summed E-state index contributed by atoms with van der Waals surface area (Å²) in [4.78, 5) is 11.4. The predicted molar refractivity (Wildman–Crippen MR) is 74.4 cm³/mol. The molecule has 0 radical (unpaired) electrons. The molecule has 1 N–H and O–H groups in total. The molecule has 1 fully saturated rings. The minimum absolute atomic E-state index is 0.00517. The van der Waals surface area contributed by atoms with Crippen molar-refractivity contribution in [2.45, 2.75) is 32.0 Å². The molecule has 2 rings (SSSR count). The zero-order valence-electron chi connectivity index (χ0n) is 11.8. The number of rotatable bonds is 6. The van der Waals surface area contributed by atoms with Gasteiger partial charge in [0.1, 0.15) is 0 Å². The zero-order valence-corrected chi connectivity index (χ0v) is 11.8. The first-order chi connectivity index (χ1) is 10.1. The maximum Gasteiger partial charge on any atom is 0.309 e. The van der Waals surface area contributed by atoms with Crippen molar-refractivity contribution in [1.82, 2.24) is 0 Å². The van der Waals surface area contributed by atoms with E-state index in [0.717, 1.165) is 5.56 Å². The van der Waals surface area contributed by atoms with Gasteiger partial charge in [-0.25, -0.2) is 0 Å². The van der Waals surface area contributed by atoms with Gasteiger partial charge < -0.3 is 9.84 Å². The van der Waals surface area contributed by atoms with Gasteiger partial charge in [-0.3, -0.25) is 13.6 Å². The quantitative estimate of drug-likeness (QED) is 0.875. The summed E-state index contributed by atoms with van der Waals surface area (Å²) in [6, 6.07) is 9.44. The highest BCUT2D eigenvalue weighted by Gasteiger charge is 2.44. The fourth-order valence-corrected chi connectivity index (χ4v) is 2.85. The van der Waals surface area contributed by atoms with E-state index in [4.69, 9.17) is 4.74 Å². The Kier molecular flexibility index (Phi) is 5.28. The van der Waals surface area contributed by atoms with E-state index < -0.39 is 36.8 Å². The van der Waals surface area contributed by atoms with E-state index in [1.165, 1.54) is 0 Å². The molecule has 0 spiro atoms. The minimum Gasteiger partial charge on any atom is -0.481 e. The number of carboxylic acids is 1. The number of benzene rings is 1. The number of carbonyl (C=O) groups is 1. The van der Waals surface area contributed by atoms with Gasteiger partial charge in [0.15, 0.2) is 0 Å². The van der Waals surface area contributed by atoms with Crippen LogP contribution in [-0.4, -0.2) is 30.5 Å². The highest BCUT2D eigenvalue weighted by Crippen LogP contribution is 2.42. The first-order valence-corrected chi connectivity index (χ1v) is 7.10. The summed E-state index contributed by atoms with van der Waals surface area (Å²) in [6.45, 7) is -1.33. The molecule has 1 aliphatic carbocycles. The van der Waals surface area contributed by atoms with Crippen LogP contribution in [0.15, 0.2) is 30.3 Å². The smallest absolute Gasteiger partial charge is 0.309 e. The van der Waals surface area contributed by atoms with Crippen LogP contribution in [0.25, 0.3) is 0 Å². The Hall–Kier alpha value is -1.49. The van der Waals surface area contributed by atoms with Gasteiger partial charge in [-0.2, -0.15) is 0 Å². The molecule has 1 aromatic carbocycles. The molecule has 1 aliphatic rings. The molecule has 0 aliphatic heterocycles. The minimum atomic E-state index is -1.14. The van der Waals surface area contributed by atoms with Gasteiger partial charge in [0.25, 0.3) is 0 Å². The summed E-state index contributed by atoms with van der Waals surface area (Å²) >= 11 is 0. The summed E-state index contributed by atoms with van der Waals surface area (Å²) in [5, 5.41) is 9.30. The molecular weight excluding hydrogens is 278 g/mol. The molecule has 0 saturated heterocycles. The van der Waals surface area contributed by atoms with E-state index in [1.807, 2.05) is 30.3 Å². The van der Waals surface area contributed by atoms with E-state index in [2.05, 4.69) is 0 Å². The van der Waals surface area contributed by atoms with Crippen molar-refractivity contribution in [1.29, 1.82) is 0 Å². The maximum absolute atomic E-state index is 13.1. The molecule has 0 heterocycles. The number of ether oxygens (including phenoxy) is 1. The van der Waals surface area contributed by atoms with Crippen molar-refractivity contribution < 1.29 is 23.4 Å². The van der Waals surface area contributed by atoms with Crippen LogP contribution < -0.4 is 0 Å². The Balaban J connectivity index is 2.01. The number of aliphatic carboxylic acids is 1. The average Bonchev–Trinajstić information content (AvgIpc) is 2.53. The van der Waals surface area contributed by atoms with Crippen LogP contribution in [0.4, 0.5) is 8.78 Å². The lowest BCUT2D eigenvalue weighted by Gasteiger charge is -2.39. The van der Waals surface area contributed by atoms with Crippen molar-refractivity contribution >= 4 is 5.97 Å². The molecule has 0 aromatic heterocycles. The highest BCUT2D eigenvalue weighted by molar-refractivity contribution is 5.71. The van der Waals surface area contributed by atoms with E-state index >= 15 is 0 Å². The fraction of sp³-hybridized carbons (Fsp3) is 0.562. The van der Waals surface area contributed by atoms with Crippen molar-refractivity contribution in [2.75, 3.05) is 13.3 Å². The second kappa shape index (κ2) is 6.98. The van der Waals surface area contributed by atoms with Gasteiger partial charge in [-0.05, 0) is 24.8 Å². The third-order valence-corrected chi connectivity index (χ3v) is 4.25. The molecule has 2 unspecified atom stereocenters. The third-order valence-electron chi connectivity index (χ3n) is 4.25. The summed E-state index contributed by atoms with van der Waals surface area (Å²) < 4.78 is 31.8. The van der Waals surface area contributed by atoms with Crippen LogP contribution in [0.5, 0.6) is 0 Å². The summed E-state index contributed by atoms with van der Waals surface area (Å²) in [5.41, 5.74) is -0.190. The lowest BCUT2D eigenvalue weighted by atomic mass is 9.69. The van der Waals surface area contributed by atoms with Crippen molar-refractivity contribution in [3.8, 4) is 0 Å². The standard InChI is InChI=1S/C16H20F2O3/c17-10-16(11-18)7-6-14(13(8-16)15(19)20)21-9-12-4-2-1-3-5-12/h1-5,13-14H,6-11H2,(H,19,20). The zero-order chi connectivity index (χ0) is 15.3. The fourth-order valence-electron chi connectivity index (χ4n) is 2.85. The largest absolute Gasteiger partial charge is 0.481 e. The van der Waals surface area contributed by atoms with Crippen LogP contribution in [-0.2, 0) is 16.1 Å². The molecule has 3 nitrogen and oxygen atoms in total. The molecule has 21 heavy (non-hydrogen) atoms. The van der Waals surface area contributed by atoms with Gasteiger partial charge >= 0.3 is 5.97 Å². The van der Waals surface area contributed by atoms with Crippen LogP contribution in [0.3, 0.4) is 0 Å². The normalized spacial score (nSPS) is 24.7. The van der Waals surface area contributed by atoms with E-state index in [1.54, 1.807) is 0 Å². The number of carboxylic acid groups (broad SMARTS) is 1. The SMILES string of the molecule is O=C(O)C1CC(CF)(CF)CCC1OCc1ccccc1. The van der Waals surface area contributed by atoms with Gasteiger partial charge in [0.05, 0.1) is 32.0 Å². The second-order valence-corrected chi connectivity index (χ2v) is 5.79. The maximum atomic E-state index is 13.1. The van der Waals surface area contributed by atoms with Crippen LogP contribution in [0.2, 0.25) is 0 Å². The first kappa shape index (κ1) is 15.9. The highest BCUT2D eigenvalue weighted by atomic mass is 19.1. The Bertz CT molecular complexity index is 460. The summed E-state index contributed by atoms with van der Waals surface area (Å²) in [6.07, 6.45) is 0.198. The monoisotopic (exact) mass is 298 g/mol. The molecule has 0 bridgehead atoms. The topological polar surface area (TPSA) is 46.5 Å². The Morgan fingerprint density at radius 1 is 1.29 bits per heavy atom. The molecule has 0 amide bonds. The van der Waals surface area contributed by atoms with Gasteiger partial charge in [0, 0.05) is 5.41 Å². The Labute approximate surface area is 122 Å². The molecule has 1 aromatic rings. The lowest BCUT2D eigenvalue weighted by Crippen LogP contribution is -2.44. The third kappa shape index (κ3) is 3.79. The van der Waals surface area contributed by atoms with Crippen LogP contribution >= 0.6 is 0 Å². The molecule has 5 heteroatoms. The molecule has 2 atom stereocenters. The van der Waals surface area contributed by atoms with Crippen molar-refractivity contribution in [3.63, 3.8) is 0 Å². The van der Waals surface area contributed by atoms with E-state index in [9.17, 15) is 18.7 Å². The van der Waals surface area contributed by atoms with Crippen LogP contribution in [0.1, 0.15) is 24.8 Å². The Morgan fingerprint density at radius 2 is 1.95 bits per heavy atom. The van der Waals surface area contributed by atoms with Crippen LogP contribution in [0, 0.1) is 11.3 Å². The van der Waals surface area contributed by atoms with E-state index in [-0.39, 0.29) is 6.42 Å². The van der Waals surface area contributed by atoms with Crippen molar-refractivity contribution in [3.05, 3.63) is 35.9 Å². The molecule has 1 saturated carbocycles. The first-order valence-electron chi connectivity index (χ1n) is 7.10. The second-order valence-electron chi connectivity index (χ2n) is 5.79. The number of hydrogen-bond donors (Lipinski definition) is 1. The predicted octanol–water partition coefficient (Wildman–Crippen LogP) is 3.38. The van der Waals surface area contributed by atoms with E-state index in [0.29, 0.717) is 19.4 Å². The summed E-state index contributed by atoms with van der Waals surface area (Å²) in [5.74, 6) is -1.90. The van der Waals surface area contributed by atoms with Gasteiger partial charge in [-0.1, -0.05) is 30.3 Å². The lowest BCUT2D eigenvalue weighted by molar-refractivity contribution is -0.155. The molecular formula is C16H20F2O3. The Morgan fingerprint density at radius 3 is 2.52 bits per heavy atom. The molecule has 116 valence electrons. The number of alkyl halides is 2. The van der Waals surface area contributed by atoms with Gasteiger partial charge in [0.2, 0.25) is 0 Å². The van der Waals surface area contributed by atoms with Gasteiger partial charge in [-0.15, -0.1) is 0 Å². The average molecular weight is 298 g/mol. The van der Waals surface area contributed by atoms with Crippen molar-refractivity contribution in [2.24, 2.45) is 11.3 Å². The summed E-state index contributed by atoms with van der Waals surface area (Å²) in [7, 11) is 0. The number of hydrogen-bond acceptors (Lipinski definition) is 2. The number of halogens is 2.